The summed E-state index contributed by atoms with van der Waals surface area (Å²) >= 11 is 6.49. The number of carbonyl (C=O) groups excluding carboxylic acids is 1. The molecule has 1 aromatic carbocycles. The summed E-state index contributed by atoms with van der Waals surface area (Å²) in [5.74, 6) is 1.78. The molecule has 2 aliphatic rings. The number of aromatic nitrogens is 2. The Hall–Kier alpha value is -2.51. The highest BCUT2D eigenvalue weighted by Crippen LogP contribution is 2.40. The van der Waals surface area contributed by atoms with Crippen LogP contribution in [0.25, 0.3) is 6.08 Å². The third-order valence-electron chi connectivity index (χ3n) is 6.08. The molecule has 32 heavy (non-hydrogen) atoms. The van der Waals surface area contributed by atoms with Crippen LogP contribution in [0.1, 0.15) is 43.5 Å². The Morgan fingerprint density at radius 3 is 2.78 bits per heavy atom. The summed E-state index contributed by atoms with van der Waals surface area (Å²) in [5.41, 5.74) is 2.50. The van der Waals surface area contributed by atoms with Crippen molar-refractivity contribution in [3.63, 3.8) is 0 Å². The van der Waals surface area contributed by atoms with E-state index in [4.69, 9.17) is 25.8 Å². The number of rotatable bonds is 7. The van der Waals surface area contributed by atoms with Gasteiger partial charge in [0.1, 0.15) is 5.15 Å². The third-order valence-corrected chi connectivity index (χ3v) is 6.48. The largest absolute Gasteiger partial charge is 0.454 e. The number of nitrogens with zero attached hydrogens (tertiary/aromatic N) is 2. The quantitative estimate of drug-likeness (QED) is 0.631. The van der Waals surface area contributed by atoms with Crippen LogP contribution in [-0.4, -0.2) is 42.2 Å². The highest BCUT2D eigenvalue weighted by Gasteiger charge is 2.36. The number of carbonyl (C=O) groups is 1. The molecule has 1 aromatic heterocycles. The average molecular weight is 460 g/mol. The fraction of sp³-hybridized carbons (Fsp3) is 0.500. The van der Waals surface area contributed by atoms with Crippen molar-refractivity contribution in [2.45, 2.75) is 45.6 Å². The van der Waals surface area contributed by atoms with Gasteiger partial charge < -0.3 is 19.5 Å². The fourth-order valence-electron chi connectivity index (χ4n) is 4.25. The fourth-order valence-corrected chi connectivity index (χ4v) is 4.56. The molecule has 0 aliphatic carbocycles. The summed E-state index contributed by atoms with van der Waals surface area (Å²) in [6.45, 7) is 8.93. The lowest BCUT2D eigenvalue weighted by Gasteiger charge is -2.38. The van der Waals surface area contributed by atoms with Gasteiger partial charge in [0, 0.05) is 43.4 Å². The smallest absolute Gasteiger partial charge is 0.244 e. The van der Waals surface area contributed by atoms with E-state index in [9.17, 15) is 4.79 Å². The summed E-state index contributed by atoms with van der Waals surface area (Å²) in [6.07, 6.45) is 4.92. The Kier molecular flexibility index (Phi) is 6.76. The van der Waals surface area contributed by atoms with Crippen LogP contribution in [0.5, 0.6) is 11.5 Å². The number of halogens is 1. The van der Waals surface area contributed by atoms with Crippen LogP contribution in [-0.2, 0) is 21.5 Å². The minimum atomic E-state index is -0.210. The van der Waals surface area contributed by atoms with Gasteiger partial charge in [-0.25, -0.2) is 0 Å². The topological polar surface area (TPSA) is 74.6 Å². The molecule has 0 radical (unpaired) electrons. The van der Waals surface area contributed by atoms with Crippen LogP contribution in [0.4, 0.5) is 0 Å². The molecule has 1 N–H and O–H groups in total. The van der Waals surface area contributed by atoms with Crippen molar-refractivity contribution < 1.29 is 19.0 Å². The second-order valence-electron chi connectivity index (χ2n) is 8.88. The number of hydrogen-bond acceptors (Lipinski definition) is 5. The lowest BCUT2D eigenvalue weighted by atomic mass is 9.74. The van der Waals surface area contributed by atoms with Gasteiger partial charge in [0.2, 0.25) is 12.7 Å². The van der Waals surface area contributed by atoms with Crippen molar-refractivity contribution >= 4 is 23.6 Å². The molecule has 4 rings (SSSR count). The first-order valence-corrected chi connectivity index (χ1v) is 11.4. The van der Waals surface area contributed by atoms with Crippen LogP contribution in [0.2, 0.25) is 5.15 Å². The Bertz CT molecular complexity index is 1010. The Balaban J connectivity index is 1.46. The van der Waals surface area contributed by atoms with E-state index in [0.29, 0.717) is 30.8 Å². The maximum atomic E-state index is 12.7. The number of aryl methyl sites for hydroxylation is 1. The van der Waals surface area contributed by atoms with Crippen molar-refractivity contribution in [1.82, 2.24) is 15.1 Å². The van der Waals surface area contributed by atoms with Gasteiger partial charge in [-0.15, -0.1) is 0 Å². The van der Waals surface area contributed by atoms with E-state index in [0.717, 1.165) is 47.7 Å². The monoisotopic (exact) mass is 459 g/mol. The van der Waals surface area contributed by atoms with Crippen molar-refractivity contribution in [3.05, 3.63) is 46.2 Å². The Morgan fingerprint density at radius 1 is 1.28 bits per heavy atom. The number of ether oxygens (including phenoxy) is 3. The number of amides is 1. The molecule has 0 unspecified atom stereocenters. The van der Waals surface area contributed by atoms with Gasteiger partial charge in [0.05, 0.1) is 5.69 Å². The zero-order chi connectivity index (χ0) is 22.7. The summed E-state index contributed by atoms with van der Waals surface area (Å²) in [7, 11) is 0. The molecular weight excluding hydrogens is 430 g/mol. The SMILES string of the molecule is Cc1nn(CC(C)C)c(Cl)c1C=CC(=O)NCC1(c2ccc3c(c2)OCO3)CCOCC1. The lowest BCUT2D eigenvalue weighted by Crippen LogP contribution is -2.44. The lowest BCUT2D eigenvalue weighted by molar-refractivity contribution is -0.116. The Labute approximate surface area is 193 Å². The minimum absolute atomic E-state index is 0.163. The maximum Gasteiger partial charge on any atom is 0.244 e. The van der Waals surface area contributed by atoms with Crippen LogP contribution in [0.3, 0.4) is 0 Å². The highest BCUT2D eigenvalue weighted by molar-refractivity contribution is 6.31. The van der Waals surface area contributed by atoms with E-state index in [1.165, 1.54) is 6.08 Å². The first-order valence-electron chi connectivity index (χ1n) is 11.0. The molecule has 1 amide bonds. The van der Waals surface area contributed by atoms with E-state index < -0.39 is 0 Å². The van der Waals surface area contributed by atoms with E-state index in [2.05, 4.69) is 30.3 Å². The van der Waals surface area contributed by atoms with Crippen molar-refractivity contribution in [2.75, 3.05) is 26.6 Å². The summed E-state index contributed by atoms with van der Waals surface area (Å²) in [6, 6.07) is 6.03. The molecule has 7 nitrogen and oxygen atoms in total. The van der Waals surface area contributed by atoms with E-state index in [1.54, 1.807) is 10.8 Å². The maximum absolute atomic E-state index is 12.7. The van der Waals surface area contributed by atoms with Gasteiger partial charge in [-0.2, -0.15) is 5.10 Å². The summed E-state index contributed by atoms with van der Waals surface area (Å²) in [4.78, 5) is 12.7. The minimum Gasteiger partial charge on any atom is -0.454 e. The average Bonchev–Trinajstić information content (AvgIpc) is 3.35. The predicted molar refractivity (Wildman–Crippen MR) is 123 cm³/mol. The summed E-state index contributed by atoms with van der Waals surface area (Å²) in [5, 5.41) is 8.13. The van der Waals surface area contributed by atoms with E-state index in [-0.39, 0.29) is 18.1 Å². The third kappa shape index (κ3) is 4.79. The van der Waals surface area contributed by atoms with Crippen molar-refractivity contribution in [1.29, 1.82) is 0 Å². The first kappa shape index (κ1) is 22.7. The standard InChI is InChI=1S/C24H30ClN3O4/c1-16(2)13-28-23(25)19(17(3)27-28)5-7-22(29)26-14-24(8-10-30-11-9-24)18-4-6-20-21(12-18)32-15-31-20/h4-7,12,16H,8-11,13-15H2,1-3H3,(H,26,29). The second-order valence-corrected chi connectivity index (χ2v) is 9.24. The number of fused-ring (bicyclic) bond motifs is 1. The van der Waals surface area contributed by atoms with E-state index >= 15 is 0 Å². The molecule has 0 saturated carbocycles. The van der Waals surface area contributed by atoms with Crippen LogP contribution in [0.15, 0.2) is 24.3 Å². The summed E-state index contributed by atoms with van der Waals surface area (Å²) < 4.78 is 18.4. The van der Waals surface area contributed by atoms with Crippen molar-refractivity contribution in [2.24, 2.45) is 5.92 Å². The van der Waals surface area contributed by atoms with Gasteiger partial charge in [-0.1, -0.05) is 31.5 Å². The van der Waals surface area contributed by atoms with Crippen LogP contribution >= 0.6 is 11.6 Å². The molecule has 8 heteroatoms. The van der Waals surface area contributed by atoms with Gasteiger partial charge in [0.15, 0.2) is 11.5 Å². The second kappa shape index (κ2) is 9.55. The van der Waals surface area contributed by atoms with Gasteiger partial charge in [-0.3, -0.25) is 9.48 Å². The van der Waals surface area contributed by atoms with Crippen LogP contribution < -0.4 is 14.8 Å². The molecule has 2 aromatic rings. The molecule has 2 aliphatic heterocycles. The van der Waals surface area contributed by atoms with Gasteiger partial charge in [-0.05, 0) is 49.5 Å². The molecule has 172 valence electrons. The molecule has 0 spiro atoms. The number of benzene rings is 1. The zero-order valence-electron chi connectivity index (χ0n) is 18.8. The highest BCUT2D eigenvalue weighted by atomic mass is 35.5. The molecule has 3 heterocycles. The first-order chi connectivity index (χ1) is 15.4. The Morgan fingerprint density at radius 2 is 2.03 bits per heavy atom. The normalized spacial score (nSPS) is 17.3. The number of nitrogens with one attached hydrogen (secondary N) is 1. The molecule has 1 fully saturated rings. The molecule has 0 atom stereocenters. The predicted octanol–water partition coefficient (Wildman–Crippen LogP) is 4.11. The zero-order valence-corrected chi connectivity index (χ0v) is 19.6. The molecule has 1 saturated heterocycles. The molecular formula is C24H30ClN3O4. The van der Waals surface area contributed by atoms with E-state index in [1.807, 2.05) is 19.1 Å². The van der Waals surface area contributed by atoms with Crippen molar-refractivity contribution in [3.8, 4) is 11.5 Å². The van der Waals surface area contributed by atoms with Gasteiger partial charge in [0.25, 0.3) is 0 Å². The molecule has 0 bridgehead atoms. The van der Waals surface area contributed by atoms with Crippen LogP contribution in [0, 0.1) is 12.8 Å². The van der Waals surface area contributed by atoms with Gasteiger partial charge >= 0.3 is 0 Å². The number of hydrogen-bond donors (Lipinski definition) is 1.